The van der Waals surface area contributed by atoms with E-state index in [-0.39, 0.29) is 10.4 Å². The molecule has 0 radical (unpaired) electrons. The molecule has 1 aromatic carbocycles. The van der Waals surface area contributed by atoms with Crippen LogP contribution in [0.2, 0.25) is 0 Å². The van der Waals surface area contributed by atoms with Crippen LogP contribution in [-0.2, 0) is 16.6 Å². The first-order chi connectivity index (χ1) is 9.93. The minimum atomic E-state index is -3.38. The molecule has 1 heterocycles. The standard InChI is InChI=1S/C12H13IN2O3S3/c1-8-6-19-12(14-8)20-11-3-2-9(5-16)4-10(11)15-21(17,18)7-13/h2-4,6,15-16H,5,7H2,1H3. The van der Waals surface area contributed by atoms with E-state index in [4.69, 9.17) is 0 Å². The Morgan fingerprint density at radius 2 is 2.24 bits per heavy atom. The maximum atomic E-state index is 11.8. The van der Waals surface area contributed by atoms with Gasteiger partial charge in [0.25, 0.3) is 0 Å². The van der Waals surface area contributed by atoms with Gasteiger partial charge in [0.2, 0.25) is 10.0 Å². The number of benzene rings is 1. The number of thiazole rings is 1. The third kappa shape index (κ3) is 4.81. The van der Waals surface area contributed by atoms with E-state index in [1.54, 1.807) is 40.8 Å². The number of nitrogens with zero attached hydrogens (tertiary/aromatic N) is 1. The molecule has 2 N–H and O–H groups in total. The Morgan fingerprint density at radius 3 is 2.81 bits per heavy atom. The van der Waals surface area contributed by atoms with Gasteiger partial charge in [-0.2, -0.15) is 0 Å². The molecule has 0 aliphatic heterocycles. The van der Waals surface area contributed by atoms with Crippen LogP contribution in [0.5, 0.6) is 0 Å². The predicted molar refractivity (Wildman–Crippen MR) is 94.8 cm³/mol. The van der Waals surface area contributed by atoms with Gasteiger partial charge in [0.05, 0.1) is 12.3 Å². The van der Waals surface area contributed by atoms with E-state index in [2.05, 4.69) is 9.71 Å². The lowest BCUT2D eigenvalue weighted by Gasteiger charge is -2.11. The first-order valence-electron chi connectivity index (χ1n) is 5.84. The molecule has 0 bridgehead atoms. The van der Waals surface area contributed by atoms with Gasteiger partial charge in [-0.1, -0.05) is 40.4 Å². The van der Waals surface area contributed by atoms with Gasteiger partial charge >= 0.3 is 0 Å². The summed E-state index contributed by atoms with van der Waals surface area (Å²) in [4.78, 5) is 5.12. The third-order valence-electron chi connectivity index (χ3n) is 2.43. The summed E-state index contributed by atoms with van der Waals surface area (Å²) >= 11 is 4.71. The number of alkyl halides is 1. The lowest BCUT2D eigenvalue weighted by molar-refractivity contribution is 0.282. The van der Waals surface area contributed by atoms with Crippen LogP contribution >= 0.6 is 45.7 Å². The van der Waals surface area contributed by atoms with E-state index in [0.29, 0.717) is 11.3 Å². The number of sulfonamides is 1. The molecule has 0 fully saturated rings. The highest BCUT2D eigenvalue weighted by Crippen LogP contribution is 2.36. The van der Waals surface area contributed by atoms with E-state index < -0.39 is 10.0 Å². The number of halogens is 1. The van der Waals surface area contributed by atoms with Crippen molar-refractivity contribution in [2.24, 2.45) is 0 Å². The van der Waals surface area contributed by atoms with Gasteiger partial charge in [-0.15, -0.1) is 11.3 Å². The molecule has 5 nitrogen and oxygen atoms in total. The monoisotopic (exact) mass is 456 g/mol. The zero-order valence-corrected chi connectivity index (χ0v) is 15.6. The van der Waals surface area contributed by atoms with E-state index in [1.165, 1.54) is 23.1 Å². The lowest BCUT2D eigenvalue weighted by Crippen LogP contribution is -2.14. The zero-order valence-electron chi connectivity index (χ0n) is 11.0. The van der Waals surface area contributed by atoms with Gasteiger partial charge in [0.1, 0.15) is 3.76 Å². The van der Waals surface area contributed by atoms with Crippen molar-refractivity contribution >= 4 is 61.4 Å². The summed E-state index contributed by atoms with van der Waals surface area (Å²) in [6, 6.07) is 5.20. The van der Waals surface area contributed by atoms with Gasteiger partial charge in [0.15, 0.2) is 4.34 Å². The summed E-state index contributed by atoms with van der Waals surface area (Å²) < 4.78 is 26.9. The number of hydrogen-bond acceptors (Lipinski definition) is 6. The average molecular weight is 456 g/mol. The molecule has 21 heavy (non-hydrogen) atoms. The second kappa shape index (κ2) is 7.27. The molecule has 0 atom stereocenters. The fourth-order valence-electron chi connectivity index (χ4n) is 1.51. The molecule has 0 amide bonds. The normalized spacial score (nSPS) is 11.6. The van der Waals surface area contributed by atoms with E-state index in [1.807, 2.05) is 12.3 Å². The van der Waals surface area contributed by atoms with Crippen LogP contribution in [0.3, 0.4) is 0 Å². The van der Waals surface area contributed by atoms with Gasteiger partial charge in [0, 0.05) is 16.0 Å². The highest BCUT2D eigenvalue weighted by molar-refractivity contribution is 14.1. The largest absolute Gasteiger partial charge is 0.392 e. The number of nitrogens with one attached hydrogen (secondary N) is 1. The summed E-state index contributed by atoms with van der Waals surface area (Å²) in [6.45, 7) is 1.77. The molecule has 0 aliphatic carbocycles. The Kier molecular flexibility index (Phi) is 5.88. The maximum Gasteiger partial charge on any atom is 0.242 e. The van der Waals surface area contributed by atoms with Gasteiger partial charge in [-0.25, -0.2) is 13.4 Å². The van der Waals surface area contributed by atoms with Gasteiger partial charge in [-0.3, -0.25) is 4.72 Å². The van der Waals surface area contributed by atoms with Crippen LogP contribution in [0.1, 0.15) is 11.3 Å². The molecule has 0 saturated carbocycles. The van der Waals surface area contributed by atoms with Crippen molar-refractivity contribution in [3.8, 4) is 0 Å². The molecule has 9 heteroatoms. The Bertz CT molecular complexity index is 731. The van der Waals surface area contributed by atoms with Crippen molar-refractivity contribution in [2.75, 3.05) is 8.48 Å². The summed E-state index contributed by atoms with van der Waals surface area (Å²) in [7, 11) is -3.38. The smallest absolute Gasteiger partial charge is 0.242 e. The van der Waals surface area contributed by atoms with Crippen LogP contribution in [0.15, 0.2) is 32.8 Å². The van der Waals surface area contributed by atoms with E-state index in [9.17, 15) is 13.5 Å². The number of aliphatic hydroxyl groups is 1. The van der Waals surface area contributed by atoms with Crippen LogP contribution in [-0.4, -0.2) is 22.3 Å². The number of aryl methyl sites for hydroxylation is 1. The zero-order chi connectivity index (χ0) is 15.5. The Balaban J connectivity index is 2.35. The number of aromatic nitrogens is 1. The SMILES string of the molecule is Cc1csc(Sc2ccc(CO)cc2NS(=O)(=O)CI)n1. The number of anilines is 1. The molecule has 2 rings (SSSR count). The summed E-state index contributed by atoms with van der Waals surface area (Å²) in [6.07, 6.45) is 0. The third-order valence-corrected chi connectivity index (χ3v) is 7.84. The predicted octanol–water partition coefficient (Wildman–Crippen LogP) is 3.23. The molecule has 0 spiro atoms. The fourth-order valence-corrected chi connectivity index (χ4v) is 4.46. The maximum absolute atomic E-state index is 11.8. The van der Waals surface area contributed by atoms with E-state index in [0.717, 1.165) is 14.9 Å². The molecule has 0 saturated heterocycles. The number of rotatable bonds is 6. The molecular formula is C12H13IN2O3S3. The Hall–Kier alpha value is -0.360. The van der Waals surface area contributed by atoms with Crippen molar-refractivity contribution in [1.82, 2.24) is 4.98 Å². The van der Waals surface area contributed by atoms with Crippen LogP contribution < -0.4 is 4.72 Å². The highest BCUT2D eigenvalue weighted by Gasteiger charge is 2.14. The van der Waals surface area contributed by atoms with Crippen molar-refractivity contribution in [1.29, 1.82) is 0 Å². The first-order valence-corrected chi connectivity index (χ1v) is 10.7. The second-order valence-electron chi connectivity index (χ2n) is 4.17. The molecule has 2 aromatic rings. The van der Waals surface area contributed by atoms with Crippen LogP contribution in [0.4, 0.5) is 5.69 Å². The van der Waals surface area contributed by atoms with Crippen molar-refractivity contribution in [2.45, 2.75) is 22.8 Å². The topological polar surface area (TPSA) is 79.3 Å². The van der Waals surface area contributed by atoms with Crippen molar-refractivity contribution in [3.63, 3.8) is 0 Å². The average Bonchev–Trinajstić information content (AvgIpc) is 2.86. The number of hydrogen-bond donors (Lipinski definition) is 2. The molecule has 1 aromatic heterocycles. The van der Waals surface area contributed by atoms with Crippen molar-refractivity contribution in [3.05, 3.63) is 34.8 Å². The Labute approximate surface area is 145 Å². The first kappa shape index (κ1) is 17.0. The van der Waals surface area contributed by atoms with E-state index >= 15 is 0 Å². The fraction of sp³-hybridized carbons (Fsp3) is 0.250. The molecule has 0 unspecified atom stereocenters. The summed E-state index contributed by atoms with van der Waals surface area (Å²) in [5.74, 6) is 0. The highest BCUT2D eigenvalue weighted by atomic mass is 127. The van der Waals surface area contributed by atoms with Gasteiger partial charge < -0.3 is 5.11 Å². The Morgan fingerprint density at radius 1 is 1.48 bits per heavy atom. The summed E-state index contributed by atoms with van der Waals surface area (Å²) in [5.41, 5.74) is 2.06. The quantitative estimate of drug-likeness (QED) is 0.516. The summed E-state index contributed by atoms with van der Waals surface area (Å²) in [5, 5.41) is 11.1. The van der Waals surface area contributed by atoms with Crippen molar-refractivity contribution < 1.29 is 13.5 Å². The van der Waals surface area contributed by atoms with Crippen LogP contribution in [0, 0.1) is 6.92 Å². The minimum Gasteiger partial charge on any atom is -0.392 e. The van der Waals surface area contributed by atoms with Crippen LogP contribution in [0.25, 0.3) is 0 Å². The molecular weight excluding hydrogens is 443 g/mol. The molecule has 0 aliphatic rings. The number of aliphatic hydroxyl groups excluding tert-OH is 1. The molecule has 114 valence electrons. The lowest BCUT2D eigenvalue weighted by atomic mass is 10.2. The minimum absolute atomic E-state index is 0.0332. The van der Waals surface area contributed by atoms with Gasteiger partial charge in [-0.05, 0) is 24.6 Å². The second-order valence-corrected chi connectivity index (χ2v) is 9.84.